The SMILES string of the molecule is CCOc1ccc(COS(C)(=O)=O)cc1. The highest BCUT2D eigenvalue weighted by Gasteiger charge is 2.02. The van der Waals surface area contributed by atoms with E-state index in [0.29, 0.717) is 6.61 Å². The van der Waals surface area contributed by atoms with Crippen molar-refractivity contribution in [1.82, 2.24) is 0 Å². The lowest BCUT2D eigenvalue weighted by atomic mass is 10.2. The summed E-state index contributed by atoms with van der Waals surface area (Å²) in [5.41, 5.74) is 0.795. The zero-order chi connectivity index (χ0) is 11.3. The molecule has 0 spiro atoms. The van der Waals surface area contributed by atoms with Crippen molar-refractivity contribution >= 4 is 10.1 Å². The third-order valence-electron chi connectivity index (χ3n) is 1.67. The van der Waals surface area contributed by atoms with E-state index < -0.39 is 10.1 Å². The van der Waals surface area contributed by atoms with Gasteiger partial charge in [0.25, 0.3) is 10.1 Å². The molecular weight excluding hydrogens is 216 g/mol. The van der Waals surface area contributed by atoms with Gasteiger partial charge in [0.15, 0.2) is 0 Å². The number of rotatable bonds is 5. The Labute approximate surface area is 90.0 Å². The second-order valence-corrected chi connectivity index (χ2v) is 4.69. The molecule has 0 aliphatic carbocycles. The summed E-state index contributed by atoms with van der Waals surface area (Å²) in [5, 5.41) is 0. The minimum atomic E-state index is -3.37. The van der Waals surface area contributed by atoms with E-state index in [1.165, 1.54) is 0 Å². The Morgan fingerprint density at radius 1 is 1.20 bits per heavy atom. The fraction of sp³-hybridized carbons (Fsp3) is 0.400. The van der Waals surface area contributed by atoms with Crippen LogP contribution in [0, 0.1) is 0 Å². The standard InChI is InChI=1S/C10H14O4S/c1-3-13-10-6-4-9(5-7-10)8-14-15(2,11)12/h4-7H,3,8H2,1-2H3. The van der Waals surface area contributed by atoms with Crippen molar-refractivity contribution in [3.8, 4) is 5.75 Å². The van der Waals surface area contributed by atoms with Crippen LogP contribution in [0.4, 0.5) is 0 Å². The normalized spacial score (nSPS) is 11.3. The summed E-state index contributed by atoms with van der Waals surface area (Å²) in [5.74, 6) is 0.764. The summed E-state index contributed by atoms with van der Waals surface area (Å²) in [7, 11) is -3.37. The molecule has 1 rings (SSSR count). The van der Waals surface area contributed by atoms with E-state index in [1.54, 1.807) is 24.3 Å². The maximum atomic E-state index is 10.7. The van der Waals surface area contributed by atoms with Gasteiger partial charge in [0.2, 0.25) is 0 Å². The summed E-state index contributed by atoms with van der Waals surface area (Å²) in [4.78, 5) is 0. The zero-order valence-electron chi connectivity index (χ0n) is 8.76. The summed E-state index contributed by atoms with van der Waals surface area (Å²) in [6, 6.07) is 7.11. The van der Waals surface area contributed by atoms with Crippen molar-refractivity contribution in [2.75, 3.05) is 12.9 Å². The molecule has 4 nitrogen and oxygen atoms in total. The van der Waals surface area contributed by atoms with Gasteiger partial charge in [0.05, 0.1) is 19.5 Å². The Hall–Kier alpha value is -1.07. The molecule has 0 atom stereocenters. The Balaban J connectivity index is 2.57. The van der Waals surface area contributed by atoms with E-state index in [-0.39, 0.29) is 6.61 Å². The van der Waals surface area contributed by atoms with Gasteiger partial charge in [-0.25, -0.2) is 0 Å². The maximum Gasteiger partial charge on any atom is 0.264 e. The van der Waals surface area contributed by atoms with Crippen molar-refractivity contribution in [1.29, 1.82) is 0 Å². The first kappa shape index (κ1) is 12.0. The minimum absolute atomic E-state index is 0.0608. The van der Waals surface area contributed by atoms with E-state index >= 15 is 0 Å². The van der Waals surface area contributed by atoms with E-state index in [9.17, 15) is 8.42 Å². The predicted octanol–water partition coefficient (Wildman–Crippen LogP) is 1.56. The second-order valence-electron chi connectivity index (χ2n) is 3.04. The van der Waals surface area contributed by atoms with Crippen LogP contribution >= 0.6 is 0 Å². The van der Waals surface area contributed by atoms with Crippen LogP contribution in [0.1, 0.15) is 12.5 Å². The highest BCUT2D eigenvalue weighted by molar-refractivity contribution is 7.85. The van der Waals surface area contributed by atoms with Gasteiger partial charge < -0.3 is 4.74 Å². The van der Waals surface area contributed by atoms with Crippen LogP contribution < -0.4 is 4.74 Å². The number of hydrogen-bond donors (Lipinski definition) is 0. The highest BCUT2D eigenvalue weighted by Crippen LogP contribution is 2.13. The molecule has 0 aliphatic rings. The Kier molecular flexibility index (Phi) is 4.11. The van der Waals surface area contributed by atoms with E-state index in [4.69, 9.17) is 4.74 Å². The van der Waals surface area contributed by atoms with Crippen molar-refractivity contribution in [2.45, 2.75) is 13.5 Å². The molecule has 0 heterocycles. The van der Waals surface area contributed by atoms with Gasteiger partial charge in [0.1, 0.15) is 5.75 Å². The van der Waals surface area contributed by atoms with Crippen molar-refractivity contribution in [2.24, 2.45) is 0 Å². The van der Waals surface area contributed by atoms with Gasteiger partial charge in [-0.2, -0.15) is 8.42 Å². The number of ether oxygens (including phenoxy) is 1. The summed E-state index contributed by atoms with van der Waals surface area (Å²) in [6.07, 6.45) is 1.03. The fourth-order valence-corrected chi connectivity index (χ4v) is 1.37. The molecule has 0 unspecified atom stereocenters. The number of hydrogen-bond acceptors (Lipinski definition) is 4. The molecular formula is C10H14O4S. The third-order valence-corrected chi connectivity index (χ3v) is 2.22. The van der Waals surface area contributed by atoms with Crippen LogP contribution in [-0.2, 0) is 20.9 Å². The molecule has 0 aliphatic heterocycles. The molecule has 0 saturated carbocycles. The van der Waals surface area contributed by atoms with E-state index in [0.717, 1.165) is 17.6 Å². The van der Waals surface area contributed by atoms with Crippen LogP contribution in [0.2, 0.25) is 0 Å². The lowest BCUT2D eigenvalue weighted by Gasteiger charge is -2.04. The monoisotopic (exact) mass is 230 g/mol. The van der Waals surface area contributed by atoms with Crippen LogP contribution in [0.3, 0.4) is 0 Å². The molecule has 0 fully saturated rings. The van der Waals surface area contributed by atoms with E-state index in [2.05, 4.69) is 4.18 Å². The molecule has 0 bridgehead atoms. The van der Waals surface area contributed by atoms with E-state index in [1.807, 2.05) is 6.92 Å². The molecule has 1 aromatic carbocycles. The molecule has 0 saturated heterocycles. The van der Waals surface area contributed by atoms with Gasteiger partial charge in [-0.1, -0.05) is 12.1 Å². The van der Waals surface area contributed by atoms with Gasteiger partial charge >= 0.3 is 0 Å². The Morgan fingerprint density at radius 3 is 2.27 bits per heavy atom. The molecule has 0 amide bonds. The quantitative estimate of drug-likeness (QED) is 0.720. The molecule has 0 N–H and O–H groups in total. The third kappa shape index (κ3) is 4.80. The molecule has 0 radical (unpaired) electrons. The Morgan fingerprint density at radius 2 is 1.80 bits per heavy atom. The molecule has 5 heteroatoms. The van der Waals surface area contributed by atoms with Crippen molar-refractivity contribution in [3.05, 3.63) is 29.8 Å². The smallest absolute Gasteiger partial charge is 0.264 e. The summed E-state index contributed by atoms with van der Waals surface area (Å²) in [6.45, 7) is 2.57. The first-order chi connectivity index (χ1) is 7.01. The molecule has 1 aromatic rings. The number of benzene rings is 1. The van der Waals surface area contributed by atoms with Crippen LogP contribution in [0.15, 0.2) is 24.3 Å². The second kappa shape index (κ2) is 5.14. The lowest BCUT2D eigenvalue weighted by Crippen LogP contribution is -2.02. The maximum absolute atomic E-state index is 10.7. The molecule has 84 valence electrons. The highest BCUT2D eigenvalue weighted by atomic mass is 32.2. The van der Waals surface area contributed by atoms with Crippen LogP contribution in [0.5, 0.6) is 5.75 Å². The Bertz CT molecular complexity index is 394. The van der Waals surface area contributed by atoms with Gasteiger partial charge in [-0.05, 0) is 24.6 Å². The van der Waals surface area contributed by atoms with Crippen molar-refractivity contribution in [3.63, 3.8) is 0 Å². The van der Waals surface area contributed by atoms with Crippen LogP contribution in [0.25, 0.3) is 0 Å². The minimum Gasteiger partial charge on any atom is -0.494 e. The topological polar surface area (TPSA) is 52.6 Å². The van der Waals surface area contributed by atoms with Crippen molar-refractivity contribution < 1.29 is 17.3 Å². The zero-order valence-corrected chi connectivity index (χ0v) is 9.58. The lowest BCUT2D eigenvalue weighted by molar-refractivity contribution is 0.311. The van der Waals surface area contributed by atoms with Gasteiger partial charge in [-0.15, -0.1) is 0 Å². The van der Waals surface area contributed by atoms with Gasteiger partial charge in [0, 0.05) is 0 Å². The summed E-state index contributed by atoms with van der Waals surface area (Å²) >= 11 is 0. The van der Waals surface area contributed by atoms with Crippen LogP contribution in [-0.4, -0.2) is 21.3 Å². The first-order valence-corrected chi connectivity index (χ1v) is 6.39. The molecule has 15 heavy (non-hydrogen) atoms. The average Bonchev–Trinajstić information content (AvgIpc) is 2.16. The molecule has 0 aromatic heterocycles. The predicted molar refractivity (Wildman–Crippen MR) is 57.2 cm³/mol. The van der Waals surface area contributed by atoms with Gasteiger partial charge in [-0.3, -0.25) is 4.18 Å². The average molecular weight is 230 g/mol. The first-order valence-electron chi connectivity index (χ1n) is 4.57. The largest absolute Gasteiger partial charge is 0.494 e. The fourth-order valence-electron chi connectivity index (χ4n) is 1.02. The summed E-state index contributed by atoms with van der Waals surface area (Å²) < 4.78 is 31.3.